The van der Waals surface area contributed by atoms with Crippen molar-refractivity contribution in [3.8, 4) is 6.01 Å². The van der Waals surface area contributed by atoms with Gasteiger partial charge in [0, 0.05) is 13.7 Å². The number of hydrogen-bond donors (Lipinski definition) is 2. The maximum Gasteiger partial charge on any atom is 0.323 e. The number of anilines is 2. The molecule has 0 spiro atoms. The van der Waals surface area contributed by atoms with E-state index in [0.29, 0.717) is 24.5 Å². The topological polar surface area (TPSA) is 81.2 Å². The summed E-state index contributed by atoms with van der Waals surface area (Å²) in [5.74, 6) is 0.961. The fraction of sp³-hybridized carbons (Fsp3) is 0.769. The van der Waals surface area contributed by atoms with E-state index in [9.17, 15) is 0 Å². The summed E-state index contributed by atoms with van der Waals surface area (Å²) in [5.41, 5.74) is -0.283. The van der Waals surface area contributed by atoms with Crippen LogP contribution in [0.5, 0.6) is 6.01 Å². The predicted molar refractivity (Wildman–Crippen MR) is 79.3 cm³/mol. The van der Waals surface area contributed by atoms with Crippen LogP contribution in [0.3, 0.4) is 0 Å². The summed E-state index contributed by atoms with van der Waals surface area (Å²) >= 11 is 0. The first-order valence-electron chi connectivity index (χ1n) is 6.80. The van der Waals surface area contributed by atoms with Crippen LogP contribution in [0.4, 0.5) is 11.9 Å². The maximum atomic E-state index is 5.54. The van der Waals surface area contributed by atoms with Gasteiger partial charge in [0.05, 0.1) is 18.2 Å². The third kappa shape index (κ3) is 5.56. The molecule has 0 aliphatic carbocycles. The molecule has 0 aliphatic heterocycles. The van der Waals surface area contributed by atoms with E-state index in [2.05, 4.69) is 25.6 Å². The van der Waals surface area contributed by atoms with Crippen LogP contribution in [-0.4, -0.2) is 46.9 Å². The molecule has 0 aliphatic rings. The van der Waals surface area contributed by atoms with Gasteiger partial charge in [-0.1, -0.05) is 0 Å². The van der Waals surface area contributed by atoms with Crippen LogP contribution in [0.15, 0.2) is 0 Å². The summed E-state index contributed by atoms with van der Waals surface area (Å²) in [7, 11) is 1.66. The lowest BCUT2D eigenvalue weighted by Crippen LogP contribution is -2.36. The Balaban J connectivity index is 2.95. The first-order valence-corrected chi connectivity index (χ1v) is 6.80. The molecule has 0 atom stereocenters. The normalized spacial score (nSPS) is 11.6. The van der Waals surface area contributed by atoms with Crippen molar-refractivity contribution in [1.82, 2.24) is 15.0 Å². The lowest BCUT2D eigenvalue weighted by atomic mass is 10.1. The van der Waals surface area contributed by atoms with Gasteiger partial charge in [-0.25, -0.2) is 0 Å². The molecule has 1 aromatic rings. The van der Waals surface area contributed by atoms with Gasteiger partial charge in [-0.05, 0) is 34.6 Å². The van der Waals surface area contributed by atoms with Crippen LogP contribution in [0.25, 0.3) is 0 Å². The lowest BCUT2D eigenvalue weighted by molar-refractivity contribution is 0.157. The van der Waals surface area contributed by atoms with Crippen molar-refractivity contribution in [2.75, 3.05) is 30.9 Å². The quantitative estimate of drug-likeness (QED) is 0.754. The molecule has 1 heterocycles. The van der Waals surface area contributed by atoms with Gasteiger partial charge in [0.1, 0.15) is 0 Å². The van der Waals surface area contributed by atoms with Crippen LogP contribution >= 0.6 is 0 Å². The summed E-state index contributed by atoms with van der Waals surface area (Å²) in [6.45, 7) is 11.1. The molecule has 0 amide bonds. The second kappa shape index (κ2) is 7.23. The third-order valence-electron chi connectivity index (χ3n) is 2.25. The van der Waals surface area contributed by atoms with Gasteiger partial charge in [0.2, 0.25) is 11.9 Å². The van der Waals surface area contributed by atoms with Gasteiger partial charge in [0.25, 0.3) is 0 Å². The minimum absolute atomic E-state index is 0.00621. The van der Waals surface area contributed by atoms with E-state index in [1.165, 1.54) is 0 Å². The van der Waals surface area contributed by atoms with Crippen LogP contribution in [0, 0.1) is 0 Å². The van der Waals surface area contributed by atoms with Crippen molar-refractivity contribution in [3.63, 3.8) is 0 Å². The summed E-state index contributed by atoms with van der Waals surface area (Å²) in [5, 5.41) is 6.29. The molecule has 0 unspecified atom stereocenters. The Hall–Kier alpha value is -1.63. The largest absolute Gasteiger partial charge is 0.461 e. The van der Waals surface area contributed by atoms with E-state index in [1.54, 1.807) is 7.11 Å². The molecule has 114 valence electrons. The maximum absolute atomic E-state index is 5.54. The van der Waals surface area contributed by atoms with Gasteiger partial charge < -0.3 is 20.1 Å². The fourth-order valence-electron chi connectivity index (χ4n) is 1.61. The monoisotopic (exact) mass is 283 g/mol. The SMILES string of the molecule is CCNc1nc(NC(C)(C)COC)nc(OC(C)C)n1. The van der Waals surface area contributed by atoms with Crippen LogP contribution in [0.1, 0.15) is 34.6 Å². The number of aromatic nitrogens is 3. The van der Waals surface area contributed by atoms with Gasteiger partial charge >= 0.3 is 6.01 Å². The fourth-order valence-corrected chi connectivity index (χ4v) is 1.61. The smallest absolute Gasteiger partial charge is 0.323 e. The molecule has 1 aromatic heterocycles. The minimum Gasteiger partial charge on any atom is -0.461 e. The summed E-state index contributed by atoms with van der Waals surface area (Å²) < 4.78 is 10.7. The lowest BCUT2D eigenvalue weighted by Gasteiger charge is -2.25. The molecular weight excluding hydrogens is 258 g/mol. The average Bonchev–Trinajstić information content (AvgIpc) is 2.26. The van der Waals surface area contributed by atoms with Crippen molar-refractivity contribution in [3.05, 3.63) is 0 Å². The summed E-state index contributed by atoms with van der Waals surface area (Å²) in [6.07, 6.45) is 0.00621. The number of nitrogens with zero attached hydrogens (tertiary/aromatic N) is 3. The highest BCUT2D eigenvalue weighted by Gasteiger charge is 2.20. The van der Waals surface area contributed by atoms with Gasteiger partial charge in [0.15, 0.2) is 0 Å². The Morgan fingerprint density at radius 3 is 2.35 bits per heavy atom. The first-order chi connectivity index (χ1) is 9.36. The molecule has 2 N–H and O–H groups in total. The zero-order chi connectivity index (χ0) is 15.2. The van der Waals surface area contributed by atoms with Crippen LogP contribution in [0.2, 0.25) is 0 Å². The Kier molecular flexibility index (Phi) is 5.94. The predicted octanol–water partition coefficient (Wildman–Crippen LogP) is 1.93. The number of rotatable bonds is 8. The van der Waals surface area contributed by atoms with E-state index in [4.69, 9.17) is 9.47 Å². The molecule has 0 saturated carbocycles. The molecule has 20 heavy (non-hydrogen) atoms. The standard InChI is InChI=1S/C13H25N5O2/c1-7-14-10-15-11(18-13(4,5)8-19-6)17-12(16-10)20-9(2)3/h9H,7-8H2,1-6H3,(H2,14,15,16,17,18). The van der Waals surface area contributed by atoms with Gasteiger partial charge in [-0.15, -0.1) is 0 Å². The van der Waals surface area contributed by atoms with E-state index in [0.717, 1.165) is 6.54 Å². The number of methoxy groups -OCH3 is 1. The minimum atomic E-state index is -0.283. The second-order valence-electron chi connectivity index (χ2n) is 5.40. The van der Waals surface area contributed by atoms with Crippen LogP contribution in [-0.2, 0) is 4.74 Å². The summed E-state index contributed by atoms with van der Waals surface area (Å²) in [4.78, 5) is 12.8. The Bertz CT molecular complexity index is 423. The number of hydrogen-bond acceptors (Lipinski definition) is 7. The van der Waals surface area contributed by atoms with Crippen molar-refractivity contribution in [2.24, 2.45) is 0 Å². The highest BCUT2D eigenvalue weighted by molar-refractivity contribution is 5.37. The second-order valence-corrected chi connectivity index (χ2v) is 5.40. The molecule has 0 bridgehead atoms. The molecule has 0 aromatic carbocycles. The Morgan fingerprint density at radius 2 is 1.80 bits per heavy atom. The molecule has 7 nitrogen and oxygen atoms in total. The van der Waals surface area contributed by atoms with Crippen molar-refractivity contribution in [1.29, 1.82) is 0 Å². The molecular formula is C13H25N5O2. The van der Waals surface area contributed by atoms with Gasteiger partial charge in [-0.3, -0.25) is 0 Å². The first kappa shape index (κ1) is 16.4. The highest BCUT2D eigenvalue weighted by Crippen LogP contribution is 2.16. The molecule has 0 fully saturated rings. The molecule has 7 heteroatoms. The van der Waals surface area contributed by atoms with Crippen molar-refractivity contribution >= 4 is 11.9 Å². The van der Waals surface area contributed by atoms with E-state index >= 15 is 0 Å². The molecule has 0 saturated heterocycles. The third-order valence-corrected chi connectivity index (χ3v) is 2.25. The van der Waals surface area contributed by atoms with E-state index < -0.39 is 0 Å². The van der Waals surface area contributed by atoms with Crippen molar-refractivity contribution in [2.45, 2.75) is 46.3 Å². The molecule has 0 radical (unpaired) electrons. The number of ether oxygens (including phenoxy) is 2. The van der Waals surface area contributed by atoms with E-state index in [1.807, 2.05) is 34.6 Å². The zero-order valence-corrected chi connectivity index (χ0v) is 13.1. The molecule has 1 rings (SSSR count). The Morgan fingerprint density at radius 1 is 1.15 bits per heavy atom. The zero-order valence-electron chi connectivity index (χ0n) is 13.1. The van der Waals surface area contributed by atoms with Crippen LogP contribution < -0.4 is 15.4 Å². The van der Waals surface area contributed by atoms with Gasteiger partial charge in [-0.2, -0.15) is 15.0 Å². The Labute approximate surface area is 120 Å². The van der Waals surface area contributed by atoms with Crippen molar-refractivity contribution < 1.29 is 9.47 Å². The average molecular weight is 283 g/mol. The number of nitrogens with one attached hydrogen (secondary N) is 2. The van der Waals surface area contributed by atoms with E-state index in [-0.39, 0.29) is 11.6 Å². The summed E-state index contributed by atoms with van der Waals surface area (Å²) in [6, 6.07) is 0.307. The highest BCUT2D eigenvalue weighted by atomic mass is 16.5.